The zero-order valence-electron chi connectivity index (χ0n) is 13.4. The first kappa shape index (κ1) is 18.7. The van der Waals surface area contributed by atoms with E-state index >= 15 is 0 Å². The molecule has 0 bridgehead atoms. The molecule has 3 atom stereocenters. The Morgan fingerprint density at radius 3 is 2.05 bits per heavy atom. The molecule has 0 saturated carbocycles. The van der Waals surface area contributed by atoms with Crippen LogP contribution in [0, 0.1) is 11.8 Å². The number of nitrogens with zero attached hydrogens (tertiary/aromatic N) is 1. The van der Waals surface area contributed by atoms with Gasteiger partial charge in [-0.15, -0.1) is 0 Å². The van der Waals surface area contributed by atoms with Gasteiger partial charge in [-0.05, 0) is 25.9 Å². The van der Waals surface area contributed by atoms with Gasteiger partial charge in [0.2, 0.25) is 0 Å². The van der Waals surface area contributed by atoms with Gasteiger partial charge in [0.05, 0.1) is 0 Å². The molecule has 118 valence electrons. The Hall–Kier alpha value is -1.30. The maximum Gasteiger partial charge on any atom is 0.326 e. The van der Waals surface area contributed by atoms with Crippen LogP contribution in [0.2, 0.25) is 0 Å². The minimum Gasteiger partial charge on any atom is -0.480 e. The molecule has 0 aromatic rings. The highest BCUT2D eigenvalue weighted by atomic mass is 16.4. The Morgan fingerprint density at radius 2 is 1.70 bits per heavy atom. The van der Waals surface area contributed by atoms with E-state index in [4.69, 9.17) is 5.11 Å². The molecule has 0 fully saturated rings. The van der Waals surface area contributed by atoms with Crippen molar-refractivity contribution >= 4 is 12.0 Å². The molecule has 0 aliphatic rings. The summed E-state index contributed by atoms with van der Waals surface area (Å²) in [6.07, 6.45) is 0.697. The number of carbonyl (C=O) groups is 2. The average Bonchev–Trinajstić information content (AvgIpc) is 2.33. The number of carboxylic acids is 1. The van der Waals surface area contributed by atoms with E-state index in [2.05, 4.69) is 10.6 Å². The lowest BCUT2D eigenvalue weighted by Crippen LogP contribution is -2.54. The predicted octanol–water partition coefficient (Wildman–Crippen LogP) is 1.37. The SMILES string of the molecule is CCC(C)C(NC(=O)NC(CN(C)C)C(C)C)C(=O)O. The molecular formula is C14H29N3O3. The fourth-order valence-electron chi connectivity index (χ4n) is 1.85. The summed E-state index contributed by atoms with van der Waals surface area (Å²) in [7, 11) is 3.88. The largest absolute Gasteiger partial charge is 0.480 e. The summed E-state index contributed by atoms with van der Waals surface area (Å²) in [4.78, 5) is 25.1. The third-order valence-electron chi connectivity index (χ3n) is 3.45. The molecule has 0 radical (unpaired) electrons. The Morgan fingerprint density at radius 1 is 1.15 bits per heavy atom. The number of hydrogen-bond acceptors (Lipinski definition) is 3. The van der Waals surface area contributed by atoms with Crippen molar-refractivity contribution in [3.05, 3.63) is 0 Å². The quantitative estimate of drug-likeness (QED) is 0.630. The summed E-state index contributed by atoms with van der Waals surface area (Å²) in [5, 5.41) is 14.6. The van der Waals surface area contributed by atoms with Gasteiger partial charge in [-0.3, -0.25) is 0 Å². The third-order valence-corrected chi connectivity index (χ3v) is 3.45. The van der Waals surface area contributed by atoms with Crippen LogP contribution in [0.4, 0.5) is 4.79 Å². The molecule has 0 rings (SSSR count). The van der Waals surface area contributed by atoms with Crippen molar-refractivity contribution < 1.29 is 14.7 Å². The molecule has 0 aliphatic carbocycles. The van der Waals surface area contributed by atoms with Gasteiger partial charge >= 0.3 is 12.0 Å². The summed E-state index contributed by atoms with van der Waals surface area (Å²) >= 11 is 0. The molecule has 0 aliphatic heterocycles. The Labute approximate surface area is 121 Å². The van der Waals surface area contributed by atoms with Gasteiger partial charge in [0.25, 0.3) is 0 Å². The second-order valence-corrected chi connectivity index (χ2v) is 5.93. The monoisotopic (exact) mass is 287 g/mol. The van der Waals surface area contributed by atoms with E-state index in [9.17, 15) is 9.59 Å². The van der Waals surface area contributed by atoms with Crippen molar-refractivity contribution in [3.63, 3.8) is 0 Å². The van der Waals surface area contributed by atoms with Crippen LogP contribution >= 0.6 is 0 Å². The van der Waals surface area contributed by atoms with Gasteiger partial charge in [0, 0.05) is 12.6 Å². The highest BCUT2D eigenvalue weighted by molar-refractivity contribution is 5.82. The van der Waals surface area contributed by atoms with Crippen LogP contribution in [-0.4, -0.2) is 54.7 Å². The molecule has 0 spiro atoms. The molecule has 6 heteroatoms. The number of urea groups is 1. The topological polar surface area (TPSA) is 81.7 Å². The number of aliphatic carboxylic acids is 1. The summed E-state index contributed by atoms with van der Waals surface area (Å²) in [6, 6.07) is -1.29. The molecule has 3 unspecified atom stereocenters. The zero-order valence-corrected chi connectivity index (χ0v) is 13.4. The van der Waals surface area contributed by atoms with Gasteiger partial charge in [-0.25, -0.2) is 9.59 Å². The number of rotatable bonds is 8. The molecular weight excluding hydrogens is 258 g/mol. The molecule has 0 heterocycles. The van der Waals surface area contributed by atoms with Crippen molar-refractivity contribution in [2.24, 2.45) is 11.8 Å². The molecule has 2 amide bonds. The summed E-state index contributed by atoms with van der Waals surface area (Å²) in [6.45, 7) is 8.49. The van der Waals surface area contributed by atoms with Crippen molar-refractivity contribution in [2.75, 3.05) is 20.6 Å². The lowest BCUT2D eigenvalue weighted by Gasteiger charge is -2.27. The van der Waals surface area contributed by atoms with Gasteiger partial charge in [0.15, 0.2) is 0 Å². The lowest BCUT2D eigenvalue weighted by atomic mass is 9.99. The van der Waals surface area contributed by atoms with Crippen LogP contribution in [0.1, 0.15) is 34.1 Å². The van der Waals surface area contributed by atoms with Crippen LogP contribution < -0.4 is 10.6 Å². The van der Waals surface area contributed by atoms with Crippen molar-refractivity contribution in [2.45, 2.75) is 46.2 Å². The van der Waals surface area contributed by atoms with Crippen molar-refractivity contribution in [1.29, 1.82) is 0 Å². The first-order chi connectivity index (χ1) is 9.18. The van der Waals surface area contributed by atoms with Gasteiger partial charge in [0.1, 0.15) is 6.04 Å². The van der Waals surface area contributed by atoms with Crippen molar-refractivity contribution in [1.82, 2.24) is 15.5 Å². The first-order valence-electron chi connectivity index (χ1n) is 7.13. The van der Waals surface area contributed by atoms with E-state index in [1.54, 1.807) is 0 Å². The Kier molecular flexibility index (Phi) is 8.22. The van der Waals surface area contributed by atoms with Gasteiger partial charge < -0.3 is 20.6 Å². The minimum atomic E-state index is -0.997. The number of carbonyl (C=O) groups excluding carboxylic acids is 1. The van der Waals surface area contributed by atoms with Crippen LogP contribution in [0.5, 0.6) is 0 Å². The number of nitrogens with one attached hydrogen (secondary N) is 2. The molecule has 0 aromatic heterocycles. The fraction of sp³-hybridized carbons (Fsp3) is 0.857. The van der Waals surface area contributed by atoms with E-state index in [0.717, 1.165) is 0 Å². The van der Waals surface area contributed by atoms with E-state index in [-0.39, 0.29) is 17.9 Å². The summed E-state index contributed by atoms with van der Waals surface area (Å²) in [5.41, 5.74) is 0. The highest BCUT2D eigenvalue weighted by Gasteiger charge is 2.26. The lowest BCUT2D eigenvalue weighted by molar-refractivity contribution is -0.140. The standard InChI is InChI=1S/C14H29N3O3/c1-7-10(4)12(13(18)19)16-14(20)15-11(9(2)3)8-17(5)6/h9-12H,7-8H2,1-6H3,(H,18,19)(H2,15,16,20). The number of carboxylic acid groups (broad SMARTS) is 1. The molecule has 6 nitrogen and oxygen atoms in total. The minimum absolute atomic E-state index is 0.0172. The van der Waals surface area contributed by atoms with Gasteiger partial charge in [-0.2, -0.15) is 0 Å². The Bertz CT molecular complexity index is 319. The maximum absolute atomic E-state index is 12.0. The van der Waals surface area contributed by atoms with Gasteiger partial charge in [-0.1, -0.05) is 34.1 Å². The van der Waals surface area contributed by atoms with Crippen molar-refractivity contribution in [3.8, 4) is 0 Å². The second kappa shape index (κ2) is 8.79. The number of hydrogen-bond donors (Lipinski definition) is 3. The highest BCUT2D eigenvalue weighted by Crippen LogP contribution is 2.08. The van der Waals surface area contributed by atoms with Crippen LogP contribution in [0.25, 0.3) is 0 Å². The van der Waals surface area contributed by atoms with E-state index in [1.807, 2.05) is 46.7 Å². The molecule has 0 saturated heterocycles. The summed E-state index contributed by atoms with van der Waals surface area (Å²) < 4.78 is 0. The molecule has 0 aromatic carbocycles. The summed E-state index contributed by atoms with van der Waals surface area (Å²) in [5.74, 6) is -0.831. The van der Waals surface area contributed by atoms with E-state index in [0.29, 0.717) is 13.0 Å². The van der Waals surface area contributed by atoms with E-state index < -0.39 is 18.0 Å². The molecule has 20 heavy (non-hydrogen) atoms. The third kappa shape index (κ3) is 6.75. The Balaban J connectivity index is 4.60. The second-order valence-electron chi connectivity index (χ2n) is 5.93. The maximum atomic E-state index is 12.0. The van der Waals surface area contributed by atoms with Crippen LogP contribution in [0.15, 0.2) is 0 Å². The van der Waals surface area contributed by atoms with Crippen LogP contribution in [-0.2, 0) is 4.79 Å². The fourth-order valence-corrected chi connectivity index (χ4v) is 1.85. The normalized spacial score (nSPS) is 15.8. The number of amides is 2. The molecule has 3 N–H and O–H groups in total. The number of likely N-dealkylation sites (N-methyl/N-ethyl adjacent to an activating group) is 1. The first-order valence-corrected chi connectivity index (χ1v) is 7.13. The van der Waals surface area contributed by atoms with E-state index in [1.165, 1.54) is 0 Å². The zero-order chi connectivity index (χ0) is 15.9. The average molecular weight is 287 g/mol. The predicted molar refractivity (Wildman–Crippen MR) is 79.7 cm³/mol. The van der Waals surface area contributed by atoms with Crippen LogP contribution in [0.3, 0.4) is 0 Å². The smallest absolute Gasteiger partial charge is 0.326 e.